The van der Waals surface area contributed by atoms with Crippen molar-refractivity contribution in [1.82, 2.24) is 28.8 Å². The molecule has 1 N–H and O–H groups in total. The summed E-state index contributed by atoms with van der Waals surface area (Å²) in [6.45, 7) is 6.93. The number of anilines is 1. The fourth-order valence-electron chi connectivity index (χ4n) is 6.26. The van der Waals surface area contributed by atoms with Gasteiger partial charge in [-0.25, -0.2) is 4.98 Å². The van der Waals surface area contributed by atoms with Crippen molar-refractivity contribution in [2.45, 2.75) is 49.8 Å². The second-order valence-electron chi connectivity index (χ2n) is 11.5. The number of piperazine rings is 1. The number of fused-ring (bicyclic) bond motifs is 4. The molecule has 5 heterocycles. The number of likely N-dealkylation sites (N-methyl/N-ethyl adjacent to an activating group) is 1. The first-order chi connectivity index (χ1) is 20.9. The van der Waals surface area contributed by atoms with Crippen LogP contribution in [0.25, 0.3) is 5.65 Å². The molecule has 1 aromatic carbocycles. The summed E-state index contributed by atoms with van der Waals surface area (Å²) in [7, 11) is 2.07. The fourth-order valence-corrected chi connectivity index (χ4v) is 7.63. The number of nitrogens with zero attached hydrogens (tertiary/aromatic N) is 7. The Labute approximate surface area is 255 Å². The molecule has 2 aliphatic heterocycles. The van der Waals surface area contributed by atoms with Crippen molar-refractivity contribution in [2.75, 3.05) is 38.1 Å². The van der Waals surface area contributed by atoms with Gasteiger partial charge in [0, 0.05) is 44.0 Å². The molecule has 232 valence electrons. The van der Waals surface area contributed by atoms with Gasteiger partial charge in [0.25, 0.3) is 0 Å². The summed E-state index contributed by atoms with van der Waals surface area (Å²) in [6, 6.07) is 10.9. The van der Waals surface area contributed by atoms with Crippen LogP contribution >= 0.6 is 0 Å². The predicted octanol–water partition coefficient (Wildman–Crippen LogP) is 4.03. The highest BCUT2D eigenvalue weighted by Crippen LogP contribution is 2.37. The molecule has 6 rings (SSSR count). The molecule has 0 saturated carbocycles. The molecule has 0 spiro atoms. The Hall–Kier alpha value is -3.72. The van der Waals surface area contributed by atoms with Crippen molar-refractivity contribution in [1.29, 1.82) is 0 Å². The second-order valence-corrected chi connectivity index (χ2v) is 12.9. The third-order valence-electron chi connectivity index (χ3n) is 8.54. The maximum Gasteiger partial charge on any atom is 0.452 e. The standard InChI is InChI=1S/C30H32F3N7O3S/c1-18-6-7-20(24(14-26(41)42)23-8-10-40-27(19(23)2)35-36-29(40)30(31,32)33)13-21(18)15-38-17-22-16-37(3)11-12-39(22)28-25(44(38)43)5-4-9-34-28/h4-10,13,22,24H,11-12,14-17H2,1-3H3,(H,41,42). The van der Waals surface area contributed by atoms with Gasteiger partial charge in [-0.2, -0.15) is 13.2 Å². The van der Waals surface area contributed by atoms with Gasteiger partial charge in [0.2, 0.25) is 10.7 Å². The lowest BCUT2D eigenvalue weighted by Gasteiger charge is -2.39. The SMILES string of the molecule is Cc1ccc(C(CC(=O)O)c2ccn3c(C(F)(F)F)nnc3c2C)cc1CN1CC2CN(C)CCN2c2ncccc2[S+]1[O-]. The lowest BCUT2D eigenvalue weighted by Crippen LogP contribution is -2.55. The van der Waals surface area contributed by atoms with E-state index in [4.69, 9.17) is 0 Å². The number of alkyl halides is 3. The zero-order valence-electron chi connectivity index (χ0n) is 24.5. The van der Waals surface area contributed by atoms with Crippen molar-refractivity contribution in [3.8, 4) is 0 Å². The summed E-state index contributed by atoms with van der Waals surface area (Å²) in [6.07, 6.45) is -2.01. The van der Waals surface area contributed by atoms with Gasteiger partial charge in [-0.1, -0.05) is 18.2 Å². The van der Waals surface area contributed by atoms with E-state index in [1.54, 1.807) is 19.2 Å². The van der Waals surface area contributed by atoms with E-state index in [1.165, 1.54) is 12.3 Å². The molecule has 1 fully saturated rings. The Morgan fingerprint density at radius 2 is 1.95 bits per heavy atom. The first kappa shape index (κ1) is 30.3. The van der Waals surface area contributed by atoms with Crippen LogP contribution in [0.5, 0.6) is 0 Å². The number of aryl methyl sites for hydroxylation is 2. The highest BCUT2D eigenvalue weighted by atomic mass is 32.2. The molecular formula is C30H32F3N7O3S. The molecule has 0 bridgehead atoms. The fraction of sp³-hybridized carbons (Fsp3) is 0.400. The molecule has 3 unspecified atom stereocenters. The van der Waals surface area contributed by atoms with E-state index >= 15 is 0 Å². The molecule has 1 saturated heterocycles. The number of pyridine rings is 2. The van der Waals surface area contributed by atoms with Crippen LogP contribution in [0.15, 0.2) is 53.7 Å². The van der Waals surface area contributed by atoms with Gasteiger partial charge < -0.3 is 19.5 Å². The molecular weight excluding hydrogens is 595 g/mol. The van der Waals surface area contributed by atoms with E-state index in [9.17, 15) is 27.6 Å². The number of aliphatic carboxylic acids is 1. The number of carboxylic acids is 1. The van der Waals surface area contributed by atoms with Crippen molar-refractivity contribution in [3.63, 3.8) is 0 Å². The number of benzene rings is 1. The smallest absolute Gasteiger partial charge is 0.452 e. The Morgan fingerprint density at radius 1 is 1.16 bits per heavy atom. The molecule has 14 heteroatoms. The van der Waals surface area contributed by atoms with Crippen LogP contribution in [0.1, 0.15) is 46.0 Å². The Morgan fingerprint density at radius 3 is 2.70 bits per heavy atom. The Kier molecular flexibility index (Phi) is 8.03. The van der Waals surface area contributed by atoms with Crippen LogP contribution in [-0.4, -0.2) is 83.7 Å². The van der Waals surface area contributed by atoms with Crippen molar-refractivity contribution >= 4 is 28.8 Å². The number of carboxylic acid groups (broad SMARTS) is 1. The van der Waals surface area contributed by atoms with Gasteiger partial charge in [0.05, 0.1) is 36.9 Å². The van der Waals surface area contributed by atoms with E-state index in [1.807, 2.05) is 35.5 Å². The third-order valence-corrected chi connectivity index (χ3v) is 9.99. The summed E-state index contributed by atoms with van der Waals surface area (Å²) < 4.78 is 57.2. The molecule has 44 heavy (non-hydrogen) atoms. The van der Waals surface area contributed by atoms with E-state index in [0.29, 0.717) is 34.7 Å². The van der Waals surface area contributed by atoms with Crippen molar-refractivity contribution in [2.24, 2.45) is 0 Å². The largest absolute Gasteiger partial charge is 0.593 e. The number of aromatic nitrogens is 4. The Bertz CT molecular complexity index is 1720. The molecule has 3 atom stereocenters. The van der Waals surface area contributed by atoms with Gasteiger partial charge in [-0.3, -0.25) is 9.20 Å². The third kappa shape index (κ3) is 5.62. The topological polar surface area (TPSA) is 113 Å². The van der Waals surface area contributed by atoms with Crippen LogP contribution < -0.4 is 4.90 Å². The van der Waals surface area contributed by atoms with Crippen LogP contribution in [0.3, 0.4) is 0 Å². The highest BCUT2D eigenvalue weighted by molar-refractivity contribution is 7.89. The van der Waals surface area contributed by atoms with E-state index in [-0.39, 0.29) is 18.1 Å². The maximum absolute atomic E-state index is 14.0. The quantitative estimate of drug-likeness (QED) is 0.317. The number of carbonyl (C=O) groups is 1. The van der Waals surface area contributed by atoms with Gasteiger partial charge in [-0.15, -0.1) is 14.5 Å². The van der Waals surface area contributed by atoms with Gasteiger partial charge in [0.1, 0.15) is 0 Å². The minimum Gasteiger partial charge on any atom is -0.593 e. The lowest BCUT2D eigenvalue weighted by molar-refractivity contribution is -0.145. The minimum atomic E-state index is -4.69. The van der Waals surface area contributed by atoms with E-state index in [2.05, 4.69) is 32.0 Å². The molecule has 2 aliphatic rings. The number of rotatable bonds is 6. The zero-order chi connectivity index (χ0) is 31.3. The number of hydrogen-bond donors (Lipinski definition) is 1. The molecule has 0 radical (unpaired) electrons. The highest BCUT2D eigenvalue weighted by Gasteiger charge is 2.40. The normalized spacial score (nSPS) is 20.3. The summed E-state index contributed by atoms with van der Waals surface area (Å²) >= 11 is -1.49. The van der Waals surface area contributed by atoms with Gasteiger partial charge in [0.15, 0.2) is 11.5 Å². The maximum atomic E-state index is 14.0. The number of halogens is 3. The predicted molar refractivity (Wildman–Crippen MR) is 158 cm³/mol. The second kappa shape index (κ2) is 11.7. The summed E-state index contributed by atoms with van der Waals surface area (Å²) in [4.78, 5) is 21.8. The van der Waals surface area contributed by atoms with Gasteiger partial charge >= 0.3 is 12.1 Å². The van der Waals surface area contributed by atoms with E-state index < -0.39 is 35.2 Å². The first-order valence-electron chi connectivity index (χ1n) is 14.2. The van der Waals surface area contributed by atoms with E-state index in [0.717, 1.165) is 41.0 Å². The van der Waals surface area contributed by atoms with Crippen LogP contribution in [0.2, 0.25) is 0 Å². The van der Waals surface area contributed by atoms with Crippen molar-refractivity contribution in [3.05, 3.63) is 82.4 Å². The Balaban J connectivity index is 1.37. The van der Waals surface area contributed by atoms with Crippen LogP contribution in [0.4, 0.5) is 19.0 Å². The summed E-state index contributed by atoms with van der Waals surface area (Å²) in [5.74, 6) is -2.11. The average Bonchev–Trinajstić information content (AvgIpc) is 3.39. The van der Waals surface area contributed by atoms with Gasteiger partial charge in [-0.05, 0) is 60.8 Å². The molecule has 0 aliphatic carbocycles. The monoisotopic (exact) mass is 627 g/mol. The zero-order valence-corrected chi connectivity index (χ0v) is 25.3. The van der Waals surface area contributed by atoms with Crippen molar-refractivity contribution < 1.29 is 27.6 Å². The van der Waals surface area contributed by atoms with Crippen LogP contribution in [-0.2, 0) is 28.9 Å². The molecule has 4 aromatic rings. The summed E-state index contributed by atoms with van der Waals surface area (Å²) in [5.41, 5.74) is 3.52. The number of hydrogen-bond acceptors (Lipinski definition) is 8. The lowest BCUT2D eigenvalue weighted by atomic mass is 9.85. The summed E-state index contributed by atoms with van der Waals surface area (Å²) in [5, 5.41) is 17.0. The average molecular weight is 628 g/mol. The van der Waals surface area contributed by atoms with Crippen LogP contribution in [0, 0.1) is 13.8 Å². The first-order valence-corrected chi connectivity index (χ1v) is 15.3. The molecule has 3 aromatic heterocycles. The molecule has 10 nitrogen and oxygen atoms in total. The molecule has 0 amide bonds. The minimum absolute atomic E-state index is 0.0202.